The molecule has 26 heavy (non-hydrogen) atoms. The maximum absolute atomic E-state index is 12.8. The Morgan fingerprint density at radius 1 is 1.19 bits per heavy atom. The fourth-order valence-electron chi connectivity index (χ4n) is 3.42. The smallest absolute Gasteiger partial charge is 0.315 e. The monoisotopic (exact) mass is 351 g/mol. The van der Waals surface area contributed by atoms with Gasteiger partial charge in [-0.05, 0) is 30.5 Å². The summed E-state index contributed by atoms with van der Waals surface area (Å²) < 4.78 is 7.38. The van der Waals surface area contributed by atoms with Crippen LogP contribution in [0.2, 0.25) is 0 Å². The average Bonchev–Trinajstić information content (AvgIpc) is 3.26. The lowest BCUT2D eigenvalue weighted by atomic mass is 10.0. The van der Waals surface area contributed by atoms with Crippen LogP contribution in [0.25, 0.3) is 6.08 Å². The van der Waals surface area contributed by atoms with Crippen molar-refractivity contribution in [2.45, 2.75) is 45.1 Å². The van der Waals surface area contributed by atoms with E-state index in [1.54, 1.807) is 6.08 Å². The van der Waals surface area contributed by atoms with Gasteiger partial charge in [0.2, 0.25) is 5.78 Å². The maximum atomic E-state index is 12.8. The first-order valence-electron chi connectivity index (χ1n) is 9.29. The Morgan fingerprint density at radius 3 is 2.65 bits per heavy atom. The van der Waals surface area contributed by atoms with E-state index >= 15 is 0 Å². The number of aromatic nitrogens is 1. The molecule has 1 aromatic heterocycles. The van der Waals surface area contributed by atoms with Crippen LogP contribution < -0.4 is 0 Å². The van der Waals surface area contributed by atoms with E-state index in [1.165, 1.54) is 0 Å². The summed E-state index contributed by atoms with van der Waals surface area (Å²) in [6.07, 6.45) is 5.51. The molecule has 0 amide bonds. The molecule has 3 rings (SSSR count). The second-order valence-electron chi connectivity index (χ2n) is 6.67. The molecule has 2 heterocycles. The molecular weight excluding hydrogens is 326 g/mol. The van der Waals surface area contributed by atoms with Crippen molar-refractivity contribution in [2.75, 3.05) is 6.61 Å². The summed E-state index contributed by atoms with van der Waals surface area (Å²) in [6.45, 7) is 6.99. The first-order valence-corrected chi connectivity index (χ1v) is 9.29. The number of fused-ring (bicyclic) bond motifs is 1. The van der Waals surface area contributed by atoms with Gasteiger partial charge < -0.3 is 9.30 Å². The van der Waals surface area contributed by atoms with Crippen molar-refractivity contribution in [1.82, 2.24) is 4.57 Å². The minimum Gasteiger partial charge on any atom is -0.465 e. The van der Waals surface area contributed by atoms with Crippen molar-refractivity contribution in [3.8, 4) is 0 Å². The Balaban J connectivity index is 1.72. The van der Waals surface area contributed by atoms with Crippen LogP contribution in [0, 0.1) is 0 Å². The standard InChI is InChI=1S/C22H25NO3/c1-3-5-6-15-26-22(25)18-13-14-23-19(18)11-12-20(23)21(24)17-9-7-16(4-2)8-10-17/h4,7-12,18H,2-3,5-6,13-15H2,1H3. The van der Waals surface area contributed by atoms with E-state index in [-0.39, 0.29) is 17.7 Å². The predicted octanol–water partition coefficient (Wildman–Crippen LogP) is 4.58. The average molecular weight is 351 g/mol. The number of carbonyl (C=O) groups is 2. The van der Waals surface area contributed by atoms with Crippen LogP contribution in [0.5, 0.6) is 0 Å². The lowest BCUT2D eigenvalue weighted by Gasteiger charge is -2.09. The zero-order valence-corrected chi connectivity index (χ0v) is 15.2. The fraction of sp³-hybridized carbons (Fsp3) is 0.364. The number of esters is 1. The van der Waals surface area contributed by atoms with Gasteiger partial charge in [-0.1, -0.05) is 56.7 Å². The van der Waals surface area contributed by atoms with E-state index in [0.29, 0.717) is 30.8 Å². The van der Waals surface area contributed by atoms with Crippen LogP contribution in [0.3, 0.4) is 0 Å². The van der Waals surface area contributed by atoms with Gasteiger partial charge in [0.05, 0.1) is 18.2 Å². The van der Waals surface area contributed by atoms with Gasteiger partial charge in [0, 0.05) is 17.8 Å². The van der Waals surface area contributed by atoms with Crippen molar-refractivity contribution in [3.05, 3.63) is 65.5 Å². The molecule has 4 nitrogen and oxygen atoms in total. The van der Waals surface area contributed by atoms with Crippen LogP contribution in [0.1, 0.15) is 65.8 Å². The lowest BCUT2D eigenvalue weighted by molar-refractivity contribution is -0.145. The Morgan fingerprint density at radius 2 is 1.96 bits per heavy atom. The molecular formula is C22H25NO3. The maximum Gasteiger partial charge on any atom is 0.315 e. The van der Waals surface area contributed by atoms with Gasteiger partial charge in [0.25, 0.3) is 0 Å². The topological polar surface area (TPSA) is 48.3 Å². The Bertz CT molecular complexity index is 801. The van der Waals surface area contributed by atoms with Gasteiger partial charge in [0.15, 0.2) is 0 Å². The highest BCUT2D eigenvalue weighted by atomic mass is 16.5. The number of hydrogen-bond donors (Lipinski definition) is 0. The molecule has 2 aromatic rings. The third-order valence-corrected chi connectivity index (χ3v) is 4.93. The van der Waals surface area contributed by atoms with Crippen LogP contribution in [0.4, 0.5) is 0 Å². The predicted molar refractivity (Wildman–Crippen MR) is 102 cm³/mol. The number of carbonyl (C=O) groups excluding carboxylic acids is 2. The molecule has 0 saturated heterocycles. The normalized spacial score (nSPS) is 15.5. The molecule has 1 aliphatic rings. The van der Waals surface area contributed by atoms with Gasteiger partial charge in [0.1, 0.15) is 0 Å². The van der Waals surface area contributed by atoms with Gasteiger partial charge in [-0.2, -0.15) is 0 Å². The molecule has 0 fully saturated rings. The highest BCUT2D eigenvalue weighted by Crippen LogP contribution is 2.32. The van der Waals surface area contributed by atoms with E-state index in [2.05, 4.69) is 13.5 Å². The van der Waals surface area contributed by atoms with Crippen molar-refractivity contribution < 1.29 is 14.3 Å². The quantitative estimate of drug-likeness (QED) is 0.397. The van der Waals surface area contributed by atoms with Crippen LogP contribution in [-0.2, 0) is 16.1 Å². The highest BCUT2D eigenvalue weighted by molar-refractivity contribution is 6.08. The summed E-state index contributed by atoms with van der Waals surface area (Å²) in [5.41, 5.74) is 3.14. The number of ketones is 1. The van der Waals surface area contributed by atoms with Crippen LogP contribution in [0.15, 0.2) is 43.0 Å². The number of rotatable bonds is 8. The lowest BCUT2D eigenvalue weighted by Crippen LogP contribution is -2.14. The molecule has 0 N–H and O–H groups in total. The summed E-state index contributed by atoms with van der Waals surface area (Å²) >= 11 is 0. The van der Waals surface area contributed by atoms with Crippen molar-refractivity contribution in [3.63, 3.8) is 0 Å². The molecule has 1 atom stereocenters. The second-order valence-corrected chi connectivity index (χ2v) is 6.67. The molecule has 1 aromatic carbocycles. The summed E-state index contributed by atoms with van der Waals surface area (Å²) in [5, 5.41) is 0. The summed E-state index contributed by atoms with van der Waals surface area (Å²) in [7, 11) is 0. The van der Waals surface area contributed by atoms with Gasteiger partial charge in [-0.3, -0.25) is 9.59 Å². The van der Waals surface area contributed by atoms with Crippen molar-refractivity contribution in [1.29, 1.82) is 0 Å². The molecule has 0 saturated carbocycles. The fourth-order valence-corrected chi connectivity index (χ4v) is 3.42. The number of nitrogens with zero attached hydrogens (tertiary/aromatic N) is 1. The van der Waals surface area contributed by atoms with E-state index in [1.807, 2.05) is 41.0 Å². The number of ether oxygens (including phenoxy) is 1. The third kappa shape index (κ3) is 3.64. The highest BCUT2D eigenvalue weighted by Gasteiger charge is 2.32. The molecule has 1 aliphatic heterocycles. The van der Waals surface area contributed by atoms with Crippen molar-refractivity contribution >= 4 is 17.8 Å². The summed E-state index contributed by atoms with van der Waals surface area (Å²) in [4.78, 5) is 25.2. The zero-order valence-electron chi connectivity index (χ0n) is 15.2. The minimum absolute atomic E-state index is 0.0242. The number of benzene rings is 1. The van der Waals surface area contributed by atoms with Crippen molar-refractivity contribution in [2.24, 2.45) is 0 Å². The van der Waals surface area contributed by atoms with Gasteiger partial charge in [-0.25, -0.2) is 0 Å². The van der Waals surface area contributed by atoms with Crippen LogP contribution >= 0.6 is 0 Å². The minimum atomic E-state index is -0.263. The second kappa shape index (κ2) is 8.17. The molecule has 0 bridgehead atoms. The van der Waals surface area contributed by atoms with E-state index < -0.39 is 0 Å². The van der Waals surface area contributed by atoms with Crippen LogP contribution in [-0.4, -0.2) is 22.9 Å². The first-order chi connectivity index (χ1) is 12.7. The SMILES string of the molecule is C=Cc1ccc(C(=O)c2ccc3n2CCC3C(=O)OCCCCC)cc1. The number of hydrogen-bond acceptors (Lipinski definition) is 3. The van der Waals surface area contributed by atoms with E-state index in [0.717, 1.165) is 30.5 Å². The Hall–Kier alpha value is -2.62. The number of unbranched alkanes of at least 4 members (excludes halogenated alkanes) is 2. The first kappa shape index (κ1) is 18.2. The third-order valence-electron chi connectivity index (χ3n) is 4.93. The summed E-state index contributed by atoms with van der Waals surface area (Å²) in [5.74, 6) is -0.461. The van der Waals surface area contributed by atoms with E-state index in [4.69, 9.17) is 4.74 Å². The molecule has 0 radical (unpaired) electrons. The van der Waals surface area contributed by atoms with Gasteiger partial charge in [-0.15, -0.1) is 0 Å². The summed E-state index contributed by atoms with van der Waals surface area (Å²) in [6, 6.07) is 11.1. The molecule has 0 aliphatic carbocycles. The Labute approximate surface area is 154 Å². The molecule has 136 valence electrons. The Kier molecular flexibility index (Phi) is 5.71. The molecule has 4 heteroatoms. The molecule has 1 unspecified atom stereocenters. The zero-order chi connectivity index (χ0) is 18.5. The van der Waals surface area contributed by atoms with E-state index in [9.17, 15) is 9.59 Å². The molecule has 0 spiro atoms. The largest absolute Gasteiger partial charge is 0.465 e. The van der Waals surface area contributed by atoms with Gasteiger partial charge >= 0.3 is 5.97 Å².